The molecular weight excluding hydrogens is 526 g/mol. The summed E-state index contributed by atoms with van der Waals surface area (Å²) in [6.45, 7) is 7.07. The summed E-state index contributed by atoms with van der Waals surface area (Å²) in [4.78, 5) is 31.8. The molecule has 5 rings (SSSR count). The number of nitriles is 1. The van der Waals surface area contributed by atoms with Crippen LogP contribution in [0.1, 0.15) is 9.75 Å². The molecule has 0 fully saturated rings. The van der Waals surface area contributed by atoms with Crippen LogP contribution in [0.2, 0.25) is 0 Å². The number of thiophene rings is 2. The normalized spacial score (nSPS) is 11.3. The van der Waals surface area contributed by atoms with Crippen LogP contribution in [0.25, 0.3) is 60.7 Å². The summed E-state index contributed by atoms with van der Waals surface area (Å²) in [5.41, 5.74) is 4.32. The lowest BCUT2D eigenvalue weighted by Gasteiger charge is -2.09. The Hall–Kier alpha value is -5.22. The van der Waals surface area contributed by atoms with E-state index in [4.69, 9.17) is 21.9 Å². The molecule has 5 aromatic rings. The van der Waals surface area contributed by atoms with Gasteiger partial charge in [-0.15, -0.1) is 22.7 Å². The molecule has 9 heteroatoms. The van der Waals surface area contributed by atoms with Gasteiger partial charge >= 0.3 is 5.97 Å². The van der Waals surface area contributed by atoms with Gasteiger partial charge in [0, 0.05) is 38.0 Å². The molecule has 0 saturated carbocycles. The molecule has 5 heterocycles. The predicted molar refractivity (Wildman–Crippen MR) is 154 cm³/mol. The van der Waals surface area contributed by atoms with E-state index in [-0.39, 0.29) is 5.70 Å². The third-order valence-electron chi connectivity index (χ3n) is 5.54. The molecular formula is C30H17N5O2S2. The number of aliphatic carboxylic acids is 1. The van der Waals surface area contributed by atoms with Crippen molar-refractivity contribution in [3.05, 3.63) is 112 Å². The first-order valence-electron chi connectivity index (χ1n) is 11.5. The molecule has 7 nitrogen and oxygen atoms in total. The Bertz CT molecular complexity index is 1820. The summed E-state index contributed by atoms with van der Waals surface area (Å²) in [5, 5.41) is 18.0. The predicted octanol–water partition coefficient (Wildman–Crippen LogP) is 7.54. The maximum absolute atomic E-state index is 11.2. The molecule has 5 aromatic heterocycles. The van der Waals surface area contributed by atoms with Crippen LogP contribution < -0.4 is 0 Å². The quantitative estimate of drug-likeness (QED) is 0.129. The van der Waals surface area contributed by atoms with Gasteiger partial charge in [0.05, 0.1) is 35.4 Å². The Morgan fingerprint density at radius 3 is 2.28 bits per heavy atom. The highest BCUT2D eigenvalue weighted by atomic mass is 32.1. The van der Waals surface area contributed by atoms with Gasteiger partial charge < -0.3 is 5.11 Å². The Kier molecular flexibility index (Phi) is 7.46. The lowest BCUT2D eigenvalue weighted by atomic mass is 10.1. The number of hydrogen-bond donors (Lipinski definition) is 1. The van der Waals surface area contributed by atoms with Gasteiger partial charge in [0.2, 0.25) is 0 Å². The number of rotatable bonds is 7. The van der Waals surface area contributed by atoms with Crippen molar-refractivity contribution in [3.63, 3.8) is 0 Å². The largest absolute Gasteiger partial charge is 0.486 e. The molecule has 39 heavy (non-hydrogen) atoms. The van der Waals surface area contributed by atoms with E-state index in [1.807, 2.05) is 66.7 Å². The molecule has 0 bridgehead atoms. The second-order valence-electron chi connectivity index (χ2n) is 8.08. The lowest BCUT2D eigenvalue weighted by molar-refractivity contribution is -0.132. The number of carboxylic acids is 1. The molecule has 0 aliphatic heterocycles. The highest BCUT2D eigenvalue weighted by Crippen LogP contribution is 2.35. The second-order valence-corrected chi connectivity index (χ2v) is 10.3. The summed E-state index contributed by atoms with van der Waals surface area (Å²) < 4.78 is 0. The van der Waals surface area contributed by atoms with Crippen LogP contribution in [0, 0.1) is 17.9 Å². The first-order chi connectivity index (χ1) is 19.0. The molecule has 0 amide bonds. The minimum Gasteiger partial charge on any atom is -0.486 e. The van der Waals surface area contributed by atoms with Crippen LogP contribution in [0.4, 0.5) is 0 Å². The fraction of sp³-hybridized carbons (Fsp3) is 0. The third kappa shape index (κ3) is 5.86. The van der Waals surface area contributed by atoms with Gasteiger partial charge in [-0.1, -0.05) is 6.07 Å². The van der Waals surface area contributed by atoms with Crippen molar-refractivity contribution in [2.75, 3.05) is 0 Å². The standard InChI is InChI=1S/C30H17N5O2S2/c1-32-27(30(36)37)18-22-8-10-28(39-22)19-11-14-34-24(15-19)26-17-20(29-9-7-21(38-29)5-4-12-31)16-25(35-26)23-6-2-3-13-33-23/h2-11,13-18H,(H,36,37)/b5-4-,27-18+. The van der Waals surface area contributed by atoms with Gasteiger partial charge in [0.25, 0.3) is 5.70 Å². The van der Waals surface area contributed by atoms with Gasteiger partial charge in [-0.3, -0.25) is 14.8 Å². The van der Waals surface area contributed by atoms with Gasteiger partial charge in [0.1, 0.15) is 0 Å². The highest BCUT2D eigenvalue weighted by Gasteiger charge is 2.14. The summed E-state index contributed by atoms with van der Waals surface area (Å²) in [6.07, 6.45) is 8.05. The van der Waals surface area contributed by atoms with E-state index < -0.39 is 5.97 Å². The lowest BCUT2D eigenvalue weighted by Crippen LogP contribution is -1.94. The number of allylic oxidation sites excluding steroid dienone is 1. The molecule has 186 valence electrons. The Morgan fingerprint density at radius 1 is 0.872 bits per heavy atom. The van der Waals surface area contributed by atoms with Crippen molar-refractivity contribution in [2.45, 2.75) is 0 Å². The zero-order valence-electron chi connectivity index (χ0n) is 20.1. The first kappa shape index (κ1) is 25.4. The fourth-order valence-corrected chi connectivity index (χ4v) is 5.59. The SMILES string of the molecule is [C-]#[N+]/C(=C/c1ccc(-c2ccnc(-c3cc(-c4ccc(/C=C\C#N)s4)cc(-c4ccccn4)n3)c2)s1)C(=O)O. The summed E-state index contributed by atoms with van der Waals surface area (Å²) in [7, 11) is 0. The molecule has 0 atom stereocenters. The molecule has 0 aliphatic carbocycles. The molecule has 1 N–H and O–H groups in total. The van der Waals surface area contributed by atoms with Crippen molar-refractivity contribution in [1.82, 2.24) is 15.0 Å². The van der Waals surface area contributed by atoms with Crippen molar-refractivity contribution in [1.29, 1.82) is 5.26 Å². The van der Waals surface area contributed by atoms with Crippen LogP contribution >= 0.6 is 22.7 Å². The van der Waals surface area contributed by atoms with Crippen molar-refractivity contribution >= 4 is 40.8 Å². The van der Waals surface area contributed by atoms with Crippen LogP contribution in [0.3, 0.4) is 0 Å². The average Bonchev–Trinajstić information content (AvgIpc) is 3.65. The Balaban J connectivity index is 1.57. The number of hydrogen-bond acceptors (Lipinski definition) is 7. The van der Waals surface area contributed by atoms with E-state index in [1.54, 1.807) is 35.9 Å². The average molecular weight is 544 g/mol. The number of carboxylic acid groups (broad SMARTS) is 1. The molecule has 0 unspecified atom stereocenters. The van der Waals surface area contributed by atoms with E-state index in [0.717, 1.165) is 31.5 Å². The minimum absolute atomic E-state index is 0.332. The maximum atomic E-state index is 11.2. The number of nitrogens with zero attached hydrogens (tertiary/aromatic N) is 5. The molecule has 0 saturated heterocycles. The minimum atomic E-state index is -1.25. The van der Waals surface area contributed by atoms with Crippen LogP contribution in [0.15, 0.2) is 90.9 Å². The summed E-state index contributed by atoms with van der Waals surface area (Å²) >= 11 is 2.96. The summed E-state index contributed by atoms with van der Waals surface area (Å²) in [6, 6.07) is 23.2. The number of pyridine rings is 3. The first-order valence-corrected chi connectivity index (χ1v) is 13.2. The zero-order chi connectivity index (χ0) is 27.2. The smallest absolute Gasteiger partial charge is 0.333 e. The molecule has 0 aromatic carbocycles. The topological polar surface area (TPSA) is 104 Å². The van der Waals surface area contributed by atoms with E-state index in [2.05, 4.69) is 14.8 Å². The number of aromatic nitrogens is 3. The monoisotopic (exact) mass is 543 g/mol. The Labute approximate surface area is 232 Å². The van der Waals surface area contributed by atoms with Crippen LogP contribution in [-0.2, 0) is 4.79 Å². The van der Waals surface area contributed by atoms with E-state index in [0.29, 0.717) is 22.0 Å². The van der Waals surface area contributed by atoms with Gasteiger partial charge in [-0.05, 0) is 83.9 Å². The molecule has 0 aliphatic rings. The van der Waals surface area contributed by atoms with Crippen molar-refractivity contribution < 1.29 is 9.90 Å². The third-order valence-corrected chi connectivity index (χ3v) is 7.72. The zero-order valence-corrected chi connectivity index (χ0v) is 21.8. The van der Waals surface area contributed by atoms with E-state index in [9.17, 15) is 4.79 Å². The highest BCUT2D eigenvalue weighted by molar-refractivity contribution is 7.16. The van der Waals surface area contributed by atoms with E-state index in [1.165, 1.54) is 23.5 Å². The van der Waals surface area contributed by atoms with Crippen LogP contribution in [0.5, 0.6) is 0 Å². The Morgan fingerprint density at radius 2 is 1.56 bits per heavy atom. The molecule has 0 spiro atoms. The van der Waals surface area contributed by atoms with Crippen molar-refractivity contribution in [2.24, 2.45) is 0 Å². The summed E-state index contributed by atoms with van der Waals surface area (Å²) in [5.74, 6) is -1.25. The number of carbonyl (C=O) groups is 1. The van der Waals surface area contributed by atoms with Crippen molar-refractivity contribution in [3.8, 4) is 49.7 Å². The van der Waals surface area contributed by atoms with Gasteiger partial charge in [0.15, 0.2) is 0 Å². The van der Waals surface area contributed by atoms with E-state index >= 15 is 0 Å². The van der Waals surface area contributed by atoms with Gasteiger partial charge in [-0.25, -0.2) is 9.83 Å². The van der Waals surface area contributed by atoms with Crippen LogP contribution in [-0.4, -0.2) is 26.0 Å². The molecule has 0 radical (unpaired) electrons. The maximum Gasteiger partial charge on any atom is 0.333 e. The second kappa shape index (κ2) is 11.4. The fourth-order valence-electron chi connectivity index (χ4n) is 3.75. The van der Waals surface area contributed by atoms with Gasteiger partial charge in [-0.2, -0.15) is 5.26 Å².